The summed E-state index contributed by atoms with van der Waals surface area (Å²) in [5, 5.41) is 4.07. The fraction of sp³-hybridized carbons (Fsp3) is 0.650. The lowest BCUT2D eigenvalue weighted by atomic mass is 9.87. The summed E-state index contributed by atoms with van der Waals surface area (Å²) >= 11 is 6.93. The Morgan fingerprint density at radius 1 is 1.28 bits per heavy atom. The first-order chi connectivity index (χ1) is 15.3. The van der Waals surface area contributed by atoms with Crippen molar-refractivity contribution in [3.8, 4) is 0 Å². The number of carbonyl (C=O) groups excluding carboxylic acids is 2. The lowest BCUT2D eigenvalue weighted by molar-refractivity contribution is -0.154. The molecule has 0 N–H and O–H groups in total. The van der Waals surface area contributed by atoms with E-state index in [9.17, 15) is 18.0 Å². The van der Waals surface area contributed by atoms with Crippen molar-refractivity contribution in [3.05, 3.63) is 16.5 Å². The van der Waals surface area contributed by atoms with E-state index in [1.807, 2.05) is 0 Å². The van der Waals surface area contributed by atoms with Crippen LogP contribution in [0.15, 0.2) is 21.5 Å². The molecule has 1 atom stereocenters. The number of oxime groups is 1. The molecule has 4 heterocycles. The third-order valence-corrected chi connectivity index (χ3v) is 9.78. The van der Waals surface area contributed by atoms with Crippen LogP contribution in [0.1, 0.15) is 45.4 Å². The molecule has 2 saturated heterocycles. The second kappa shape index (κ2) is 9.28. The maximum Gasteiger partial charge on any atom is 0.328 e. The third-order valence-electron chi connectivity index (χ3n) is 6.18. The number of thiophene rings is 1. The molecule has 3 aliphatic heterocycles. The van der Waals surface area contributed by atoms with Crippen LogP contribution in [-0.2, 0) is 29.2 Å². The number of likely N-dealkylation sites (tertiary alicyclic amines) is 1. The predicted octanol–water partition coefficient (Wildman–Crippen LogP) is 2.65. The maximum atomic E-state index is 13.1. The first-order valence-electron chi connectivity index (χ1n) is 10.7. The number of hydrogen-bond acceptors (Lipinski definition) is 8. The monoisotopic (exact) mass is 503 g/mol. The molecule has 3 aliphatic rings. The largest absolute Gasteiger partial charge is 0.464 e. The Hall–Kier alpha value is -1.69. The Bertz CT molecular complexity index is 1020. The highest BCUT2D eigenvalue weighted by Gasteiger charge is 2.47. The van der Waals surface area contributed by atoms with Crippen LogP contribution in [0.25, 0.3) is 0 Å². The van der Waals surface area contributed by atoms with E-state index in [4.69, 9.17) is 21.2 Å². The van der Waals surface area contributed by atoms with Gasteiger partial charge in [-0.1, -0.05) is 16.8 Å². The molecule has 0 saturated carbocycles. The number of amides is 1. The Labute approximate surface area is 196 Å². The van der Waals surface area contributed by atoms with Crippen molar-refractivity contribution in [2.75, 3.05) is 26.2 Å². The van der Waals surface area contributed by atoms with E-state index in [0.717, 1.165) is 24.2 Å². The van der Waals surface area contributed by atoms with Gasteiger partial charge in [0, 0.05) is 38.9 Å². The summed E-state index contributed by atoms with van der Waals surface area (Å²) in [6, 6.07) is 2.48. The lowest BCUT2D eigenvalue weighted by Crippen LogP contribution is -2.51. The van der Waals surface area contributed by atoms with Crippen molar-refractivity contribution in [1.82, 2.24) is 9.21 Å². The molecule has 12 heteroatoms. The van der Waals surface area contributed by atoms with Gasteiger partial charge in [0.2, 0.25) is 0 Å². The number of carbonyl (C=O) groups is 2. The number of sulfonamides is 1. The van der Waals surface area contributed by atoms with Crippen molar-refractivity contribution >= 4 is 50.5 Å². The Balaban J connectivity index is 1.39. The van der Waals surface area contributed by atoms with E-state index >= 15 is 0 Å². The molecule has 1 amide bonds. The zero-order chi connectivity index (χ0) is 22.9. The Kier molecular flexibility index (Phi) is 6.81. The highest BCUT2D eigenvalue weighted by Crippen LogP contribution is 2.38. The highest BCUT2D eigenvalue weighted by atomic mass is 35.5. The molecule has 1 unspecified atom stereocenters. The van der Waals surface area contributed by atoms with E-state index in [0.29, 0.717) is 36.6 Å². The van der Waals surface area contributed by atoms with Gasteiger partial charge >= 0.3 is 5.97 Å². The summed E-state index contributed by atoms with van der Waals surface area (Å²) in [4.78, 5) is 32.7. The molecule has 2 fully saturated rings. The van der Waals surface area contributed by atoms with Crippen LogP contribution in [0, 0.1) is 0 Å². The number of hydrogen-bond donors (Lipinski definition) is 0. The van der Waals surface area contributed by atoms with Crippen molar-refractivity contribution in [1.29, 1.82) is 0 Å². The standard InChI is InChI=1S/C20H26ClN3O6S2/c1-2-29-19(26)15-5-3-4-10-24(15)18(25)14-13-20(30-22-14)8-11-23(12-9-20)32(27,28)17-7-6-16(21)31-17/h6-7,15H,2-5,8-13H2,1H3. The van der Waals surface area contributed by atoms with Gasteiger partial charge in [-0.25, -0.2) is 13.2 Å². The number of esters is 1. The molecule has 9 nitrogen and oxygen atoms in total. The number of rotatable bonds is 5. The fourth-order valence-corrected chi connectivity index (χ4v) is 7.50. The van der Waals surface area contributed by atoms with Gasteiger partial charge in [0.25, 0.3) is 15.9 Å². The molecule has 176 valence electrons. The third kappa shape index (κ3) is 4.52. The molecule has 0 radical (unpaired) electrons. The molecule has 1 aromatic heterocycles. The number of ether oxygens (including phenoxy) is 1. The Morgan fingerprint density at radius 3 is 2.69 bits per heavy atom. The number of nitrogens with zero attached hydrogens (tertiary/aromatic N) is 3. The van der Waals surface area contributed by atoms with Gasteiger partial charge in [-0.15, -0.1) is 11.3 Å². The average Bonchev–Trinajstić information content (AvgIpc) is 3.41. The van der Waals surface area contributed by atoms with Crippen LogP contribution in [0.2, 0.25) is 4.34 Å². The van der Waals surface area contributed by atoms with Crippen LogP contribution < -0.4 is 0 Å². The molecule has 0 aromatic carbocycles. The molecule has 1 aromatic rings. The molecular weight excluding hydrogens is 478 g/mol. The van der Waals surface area contributed by atoms with Gasteiger partial charge in [0.05, 0.1) is 10.9 Å². The average molecular weight is 504 g/mol. The topological polar surface area (TPSA) is 106 Å². The normalized spacial score (nSPS) is 23.6. The molecule has 0 bridgehead atoms. The van der Waals surface area contributed by atoms with Gasteiger partial charge in [-0.05, 0) is 38.3 Å². The molecule has 32 heavy (non-hydrogen) atoms. The van der Waals surface area contributed by atoms with Gasteiger partial charge < -0.3 is 14.5 Å². The van der Waals surface area contributed by atoms with E-state index in [1.165, 1.54) is 10.4 Å². The van der Waals surface area contributed by atoms with E-state index in [1.54, 1.807) is 17.9 Å². The zero-order valence-corrected chi connectivity index (χ0v) is 20.2. The van der Waals surface area contributed by atoms with Gasteiger partial charge in [-0.2, -0.15) is 4.31 Å². The lowest BCUT2D eigenvalue weighted by Gasteiger charge is -2.36. The maximum absolute atomic E-state index is 13.1. The number of piperidine rings is 2. The van der Waals surface area contributed by atoms with Crippen molar-refractivity contribution in [3.63, 3.8) is 0 Å². The SMILES string of the molecule is CCOC(=O)C1CCCCN1C(=O)C1=NOC2(CCN(S(=O)(=O)c3ccc(Cl)s3)CC2)C1. The zero-order valence-electron chi connectivity index (χ0n) is 17.8. The minimum absolute atomic E-state index is 0.216. The van der Waals surface area contributed by atoms with Crippen LogP contribution in [0.3, 0.4) is 0 Å². The second-order valence-electron chi connectivity index (χ2n) is 8.21. The fourth-order valence-electron chi connectivity index (χ4n) is 4.43. The van der Waals surface area contributed by atoms with Gasteiger partial charge in [0.1, 0.15) is 21.6 Å². The first-order valence-corrected chi connectivity index (χ1v) is 13.4. The molecule has 1 spiro atoms. The van der Waals surface area contributed by atoms with Crippen LogP contribution in [0.4, 0.5) is 0 Å². The van der Waals surface area contributed by atoms with Gasteiger partial charge in [-0.3, -0.25) is 4.79 Å². The Morgan fingerprint density at radius 2 is 2.03 bits per heavy atom. The summed E-state index contributed by atoms with van der Waals surface area (Å²) < 4.78 is 32.9. The van der Waals surface area contributed by atoms with Crippen LogP contribution >= 0.6 is 22.9 Å². The summed E-state index contributed by atoms with van der Waals surface area (Å²) in [6.07, 6.45) is 3.40. The second-order valence-corrected chi connectivity index (χ2v) is 12.1. The molecule has 4 rings (SSSR count). The van der Waals surface area contributed by atoms with E-state index < -0.39 is 21.7 Å². The minimum Gasteiger partial charge on any atom is -0.464 e. The quantitative estimate of drug-likeness (QED) is 0.572. The highest BCUT2D eigenvalue weighted by molar-refractivity contribution is 7.91. The van der Waals surface area contributed by atoms with Crippen molar-refractivity contribution < 1.29 is 27.6 Å². The summed E-state index contributed by atoms with van der Waals surface area (Å²) in [6.45, 7) is 3.02. The van der Waals surface area contributed by atoms with Gasteiger partial charge in [0.15, 0.2) is 0 Å². The molecule has 0 aliphatic carbocycles. The summed E-state index contributed by atoms with van der Waals surface area (Å²) in [5.41, 5.74) is -0.415. The molecular formula is C20H26ClN3O6S2. The minimum atomic E-state index is -3.61. The number of halogens is 1. The van der Waals surface area contributed by atoms with E-state index in [-0.39, 0.29) is 41.5 Å². The van der Waals surface area contributed by atoms with Crippen LogP contribution in [0.5, 0.6) is 0 Å². The van der Waals surface area contributed by atoms with Crippen LogP contribution in [-0.4, -0.2) is 73.1 Å². The summed E-state index contributed by atoms with van der Waals surface area (Å²) in [7, 11) is -3.61. The smallest absolute Gasteiger partial charge is 0.328 e. The summed E-state index contributed by atoms with van der Waals surface area (Å²) in [5.74, 6) is -0.690. The predicted molar refractivity (Wildman–Crippen MR) is 119 cm³/mol. The first kappa shape index (κ1) is 23.5. The van der Waals surface area contributed by atoms with Crippen molar-refractivity contribution in [2.24, 2.45) is 5.16 Å². The van der Waals surface area contributed by atoms with E-state index in [2.05, 4.69) is 5.16 Å². The van der Waals surface area contributed by atoms with Crippen molar-refractivity contribution in [2.45, 2.75) is 61.3 Å².